The molecular formula is C14H10N4OS. The number of aromatic nitrogens is 2. The largest absolute Gasteiger partial charge is 0.348 e. The molecule has 0 saturated heterocycles. The molecule has 0 fully saturated rings. The first-order chi connectivity index (χ1) is 9.75. The molecule has 6 heteroatoms. The molecule has 20 heavy (non-hydrogen) atoms. The Kier molecular flexibility index (Phi) is 2.28. The van der Waals surface area contributed by atoms with E-state index in [9.17, 15) is 4.79 Å². The zero-order chi connectivity index (χ0) is 13.7. The molecule has 1 aromatic heterocycles. The normalized spacial score (nSPS) is 20.3. The summed E-state index contributed by atoms with van der Waals surface area (Å²) < 4.78 is 0. The minimum Gasteiger partial charge on any atom is -0.348 e. The van der Waals surface area contributed by atoms with E-state index in [0.717, 1.165) is 11.3 Å². The Morgan fingerprint density at radius 1 is 1.20 bits per heavy atom. The average Bonchev–Trinajstić information content (AvgIpc) is 3.07. The summed E-state index contributed by atoms with van der Waals surface area (Å²) in [5.74, 6) is 0.696. The summed E-state index contributed by atoms with van der Waals surface area (Å²) >= 11 is 5.24. The molecule has 0 radical (unpaired) electrons. The second-order valence-corrected chi connectivity index (χ2v) is 5.08. The van der Waals surface area contributed by atoms with Crippen molar-refractivity contribution >= 4 is 28.8 Å². The molecule has 2 heterocycles. The highest BCUT2D eigenvalue weighted by molar-refractivity contribution is 7.80. The molecule has 2 aliphatic rings. The fraction of sp³-hybridized carbons (Fsp3) is 0.0714. The average molecular weight is 282 g/mol. The topological polar surface area (TPSA) is 69.8 Å². The number of fused-ring (bicyclic) bond motifs is 2. The van der Waals surface area contributed by atoms with Crippen molar-refractivity contribution in [2.24, 2.45) is 0 Å². The highest BCUT2D eigenvalue weighted by atomic mass is 32.1. The van der Waals surface area contributed by atoms with Crippen molar-refractivity contribution < 1.29 is 4.79 Å². The van der Waals surface area contributed by atoms with Gasteiger partial charge in [0.25, 0.3) is 0 Å². The lowest BCUT2D eigenvalue weighted by Gasteiger charge is -2.26. The minimum atomic E-state index is -0.339. The van der Waals surface area contributed by atoms with Crippen molar-refractivity contribution in [1.29, 1.82) is 0 Å². The smallest absolute Gasteiger partial charge is 0.194 e. The van der Waals surface area contributed by atoms with Gasteiger partial charge in [0.1, 0.15) is 11.9 Å². The highest BCUT2D eigenvalue weighted by Gasteiger charge is 2.39. The van der Waals surface area contributed by atoms with E-state index in [4.69, 9.17) is 12.2 Å². The first-order valence-corrected chi connectivity index (χ1v) is 6.61. The molecule has 1 atom stereocenters. The molecule has 0 saturated carbocycles. The number of carbonyl (C=O) groups is 1. The number of H-pyrrole nitrogens is 1. The lowest BCUT2D eigenvalue weighted by Crippen LogP contribution is -2.43. The number of hydrogen-bond donors (Lipinski definition) is 3. The van der Waals surface area contributed by atoms with E-state index in [1.54, 1.807) is 12.4 Å². The molecule has 1 unspecified atom stereocenters. The molecule has 1 aliphatic carbocycles. The summed E-state index contributed by atoms with van der Waals surface area (Å²) in [6.07, 6.45) is 3.39. The Hall–Kier alpha value is -2.47. The Labute approximate surface area is 120 Å². The van der Waals surface area contributed by atoms with E-state index in [2.05, 4.69) is 20.6 Å². The molecule has 0 amide bonds. The van der Waals surface area contributed by atoms with Crippen LogP contribution in [-0.2, 0) is 0 Å². The van der Waals surface area contributed by atoms with Crippen LogP contribution >= 0.6 is 12.2 Å². The second-order valence-electron chi connectivity index (χ2n) is 4.67. The van der Waals surface area contributed by atoms with Gasteiger partial charge in [-0.05, 0) is 12.2 Å². The predicted octanol–water partition coefficient (Wildman–Crippen LogP) is 1.54. The maximum absolute atomic E-state index is 12.6. The zero-order valence-electron chi connectivity index (χ0n) is 10.3. The lowest BCUT2D eigenvalue weighted by molar-refractivity contribution is 0.103. The van der Waals surface area contributed by atoms with Gasteiger partial charge >= 0.3 is 0 Å². The molecule has 1 aliphatic heterocycles. The van der Waals surface area contributed by atoms with Crippen LogP contribution in [0.5, 0.6) is 0 Å². The molecular weight excluding hydrogens is 272 g/mol. The molecule has 5 nitrogen and oxygen atoms in total. The van der Waals surface area contributed by atoms with Crippen molar-refractivity contribution in [2.45, 2.75) is 6.04 Å². The number of benzene rings is 1. The van der Waals surface area contributed by atoms with Gasteiger partial charge in [0.2, 0.25) is 0 Å². The maximum Gasteiger partial charge on any atom is 0.194 e. The summed E-state index contributed by atoms with van der Waals surface area (Å²) in [7, 11) is 0. The third kappa shape index (κ3) is 1.45. The van der Waals surface area contributed by atoms with Gasteiger partial charge in [-0.2, -0.15) is 0 Å². The van der Waals surface area contributed by atoms with Crippen LogP contribution in [0.3, 0.4) is 0 Å². The van der Waals surface area contributed by atoms with Crippen molar-refractivity contribution in [3.05, 3.63) is 59.2 Å². The standard InChI is InChI=1S/C14H10N4OS/c19-12-8-4-2-1-3-7(8)10-9(12)11(18-14(20)17-10)13-15-5-6-16-13/h1-6,11H,(H,15,16)(H2,17,18,20). The first kappa shape index (κ1) is 11.4. The number of imidazole rings is 1. The van der Waals surface area contributed by atoms with Gasteiger partial charge in [0.05, 0.1) is 11.3 Å². The Morgan fingerprint density at radius 3 is 2.75 bits per heavy atom. The van der Waals surface area contributed by atoms with Crippen LogP contribution in [-0.4, -0.2) is 20.9 Å². The molecule has 3 N–H and O–H groups in total. The van der Waals surface area contributed by atoms with Crippen LogP contribution in [0.25, 0.3) is 5.70 Å². The van der Waals surface area contributed by atoms with E-state index >= 15 is 0 Å². The zero-order valence-corrected chi connectivity index (χ0v) is 11.1. The van der Waals surface area contributed by atoms with Gasteiger partial charge in [0, 0.05) is 23.5 Å². The van der Waals surface area contributed by atoms with Crippen molar-refractivity contribution in [1.82, 2.24) is 20.6 Å². The minimum absolute atomic E-state index is 0.0134. The number of carbonyl (C=O) groups excluding carboxylic acids is 1. The number of nitrogens with one attached hydrogen (secondary N) is 3. The number of nitrogens with zero attached hydrogens (tertiary/aromatic N) is 1. The Balaban J connectivity index is 1.92. The van der Waals surface area contributed by atoms with E-state index < -0.39 is 0 Å². The van der Waals surface area contributed by atoms with E-state index in [0.29, 0.717) is 22.1 Å². The van der Waals surface area contributed by atoms with Crippen molar-refractivity contribution in [2.75, 3.05) is 0 Å². The third-order valence-corrected chi connectivity index (χ3v) is 3.77. The van der Waals surface area contributed by atoms with Gasteiger partial charge in [-0.1, -0.05) is 24.3 Å². The van der Waals surface area contributed by atoms with Crippen LogP contribution in [0.4, 0.5) is 0 Å². The molecule has 2 aromatic rings. The van der Waals surface area contributed by atoms with Crippen molar-refractivity contribution in [3.63, 3.8) is 0 Å². The van der Waals surface area contributed by atoms with E-state index in [1.165, 1.54) is 0 Å². The number of thiocarbonyl (C=S) groups is 1. The van der Waals surface area contributed by atoms with Crippen LogP contribution in [0, 0.1) is 0 Å². The summed E-state index contributed by atoms with van der Waals surface area (Å²) in [4.78, 5) is 19.9. The Morgan fingerprint density at radius 2 is 2.00 bits per heavy atom. The number of rotatable bonds is 1. The summed E-state index contributed by atoms with van der Waals surface area (Å²) in [5, 5.41) is 6.69. The van der Waals surface area contributed by atoms with Gasteiger partial charge in [-0.25, -0.2) is 4.98 Å². The molecule has 4 rings (SSSR count). The lowest BCUT2D eigenvalue weighted by atomic mass is 10.0. The fourth-order valence-corrected chi connectivity index (χ4v) is 2.93. The second kappa shape index (κ2) is 4.01. The maximum atomic E-state index is 12.6. The monoisotopic (exact) mass is 282 g/mol. The number of hydrogen-bond acceptors (Lipinski definition) is 3. The van der Waals surface area contributed by atoms with E-state index in [1.807, 2.05) is 24.3 Å². The predicted molar refractivity (Wildman–Crippen MR) is 77.9 cm³/mol. The summed E-state index contributed by atoms with van der Waals surface area (Å²) in [6, 6.07) is 7.20. The first-order valence-electron chi connectivity index (χ1n) is 6.21. The molecule has 1 aromatic carbocycles. The van der Waals surface area contributed by atoms with Crippen LogP contribution in [0.15, 0.2) is 42.2 Å². The summed E-state index contributed by atoms with van der Waals surface area (Å²) in [5.41, 5.74) is 3.05. The summed E-state index contributed by atoms with van der Waals surface area (Å²) in [6.45, 7) is 0. The van der Waals surface area contributed by atoms with E-state index in [-0.39, 0.29) is 11.8 Å². The van der Waals surface area contributed by atoms with Crippen LogP contribution in [0.2, 0.25) is 0 Å². The van der Waals surface area contributed by atoms with Gasteiger partial charge in [0.15, 0.2) is 10.9 Å². The molecule has 0 bridgehead atoms. The quantitative estimate of drug-likeness (QED) is 0.692. The van der Waals surface area contributed by atoms with Gasteiger partial charge < -0.3 is 15.6 Å². The third-order valence-electron chi connectivity index (χ3n) is 3.55. The highest BCUT2D eigenvalue weighted by Crippen LogP contribution is 2.38. The van der Waals surface area contributed by atoms with Crippen molar-refractivity contribution in [3.8, 4) is 0 Å². The number of Topliss-reactive ketones (excluding diaryl/α,β-unsaturated/α-hetero) is 1. The SMILES string of the molecule is O=C1C2=C(NC(=S)NC2c2ncc[nH]2)c2ccccc21. The fourth-order valence-electron chi connectivity index (χ4n) is 2.71. The van der Waals surface area contributed by atoms with Gasteiger partial charge in [-0.15, -0.1) is 0 Å². The van der Waals surface area contributed by atoms with Crippen LogP contribution < -0.4 is 10.6 Å². The Bertz CT molecular complexity index is 763. The number of ketones is 1. The molecule has 0 spiro atoms. The van der Waals surface area contributed by atoms with Gasteiger partial charge in [-0.3, -0.25) is 4.79 Å². The number of aromatic amines is 1. The molecule has 98 valence electrons. The van der Waals surface area contributed by atoms with Crippen LogP contribution in [0.1, 0.15) is 27.8 Å².